The number of para-hydroxylation sites is 1. The first-order chi connectivity index (χ1) is 16.1. The molecule has 1 aromatic heterocycles. The molecule has 3 aromatic carbocycles. The molecule has 8 heteroatoms. The molecule has 0 aliphatic carbocycles. The monoisotopic (exact) mass is 440 g/mol. The number of hydrogen-bond donors (Lipinski definition) is 3. The van der Waals surface area contributed by atoms with E-state index in [9.17, 15) is 10.0 Å². The van der Waals surface area contributed by atoms with Gasteiger partial charge in [-0.2, -0.15) is 4.98 Å². The lowest BCUT2D eigenvalue weighted by atomic mass is 9.76. The van der Waals surface area contributed by atoms with Crippen LogP contribution in [0.5, 0.6) is 5.75 Å². The number of ether oxygens (including phenoxy) is 1. The van der Waals surface area contributed by atoms with E-state index < -0.39 is 7.12 Å². The summed E-state index contributed by atoms with van der Waals surface area (Å²) in [5.74, 6) is 1.93. The molecule has 166 valence electrons. The minimum absolute atomic E-state index is 0.0500. The van der Waals surface area contributed by atoms with Crippen molar-refractivity contribution < 1.29 is 14.8 Å². The van der Waals surface area contributed by atoms with Gasteiger partial charge in [0, 0.05) is 23.7 Å². The quantitative estimate of drug-likeness (QED) is 0.397. The number of methoxy groups -OCH3 is 1. The Bertz CT molecular complexity index is 1300. The van der Waals surface area contributed by atoms with Crippen molar-refractivity contribution in [3.63, 3.8) is 0 Å². The van der Waals surface area contributed by atoms with E-state index in [1.165, 1.54) is 0 Å². The van der Waals surface area contributed by atoms with Crippen molar-refractivity contribution in [3.05, 3.63) is 77.9 Å². The summed E-state index contributed by atoms with van der Waals surface area (Å²) >= 11 is 0. The highest BCUT2D eigenvalue weighted by atomic mass is 16.5. The molecule has 4 aromatic rings. The first kappa shape index (κ1) is 21.2. The SMILES string of the molecule is COc1cccc2c(NCc3ccccc3)nc(N3c4cccc(B(O)O)c4CC3C)nc12. The fourth-order valence-corrected chi connectivity index (χ4v) is 4.51. The molecule has 0 radical (unpaired) electrons. The smallest absolute Gasteiger partial charge is 0.488 e. The van der Waals surface area contributed by atoms with Crippen LogP contribution in [-0.2, 0) is 13.0 Å². The number of aromatic nitrogens is 2. The Morgan fingerprint density at radius 3 is 2.58 bits per heavy atom. The second-order valence-corrected chi connectivity index (χ2v) is 8.21. The average molecular weight is 440 g/mol. The molecule has 2 heterocycles. The normalized spacial score (nSPS) is 14.9. The molecule has 1 unspecified atom stereocenters. The van der Waals surface area contributed by atoms with Crippen LogP contribution in [0.15, 0.2) is 66.7 Å². The Kier molecular flexibility index (Phi) is 5.62. The lowest BCUT2D eigenvalue weighted by molar-refractivity contribution is 0.419. The maximum atomic E-state index is 9.84. The third-order valence-electron chi connectivity index (χ3n) is 6.08. The van der Waals surface area contributed by atoms with Crippen molar-refractivity contribution in [1.82, 2.24) is 9.97 Å². The summed E-state index contributed by atoms with van der Waals surface area (Å²) < 4.78 is 5.61. The van der Waals surface area contributed by atoms with Gasteiger partial charge in [0.1, 0.15) is 17.1 Å². The van der Waals surface area contributed by atoms with E-state index in [0.717, 1.165) is 33.5 Å². The van der Waals surface area contributed by atoms with Crippen LogP contribution in [0.2, 0.25) is 0 Å². The maximum Gasteiger partial charge on any atom is 0.488 e. The van der Waals surface area contributed by atoms with Crippen LogP contribution < -0.4 is 20.4 Å². The van der Waals surface area contributed by atoms with Gasteiger partial charge in [0.15, 0.2) is 0 Å². The zero-order valence-corrected chi connectivity index (χ0v) is 18.6. The van der Waals surface area contributed by atoms with Crippen LogP contribution in [0.3, 0.4) is 0 Å². The van der Waals surface area contributed by atoms with Crippen molar-refractivity contribution in [2.75, 3.05) is 17.3 Å². The Hall–Kier alpha value is -3.62. The van der Waals surface area contributed by atoms with E-state index >= 15 is 0 Å². The molecule has 0 amide bonds. The Labute approximate surface area is 192 Å². The topological polar surface area (TPSA) is 90.7 Å². The van der Waals surface area contributed by atoms with E-state index in [0.29, 0.717) is 30.1 Å². The van der Waals surface area contributed by atoms with Crippen LogP contribution in [0.25, 0.3) is 10.9 Å². The lowest BCUT2D eigenvalue weighted by Crippen LogP contribution is -2.32. The molecule has 3 N–H and O–H groups in total. The summed E-state index contributed by atoms with van der Waals surface area (Å²) in [4.78, 5) is 11.9. The fraction of sp³-hybridized carbons (Fsp3) is 0.200. The van der Waals surface area contributed by atoms with E-state index in [4.69, 9.17) is 14.7 Å². The number of nitrogens with zero attached hydrogens (tertiary/aromatic N) is 3. The number of fused-ring (bicyclic) bond motifs is 2. The largest absolute Gasteiger partial charge is 0.494 e. The van der Waals surface area contributed by atoms with Crippen LogP contribution in [-0.4, -0.2) is 40.3 Å². The summed E-state index contributed by atoms with van der Waals surface area (Å²) in [7, 11) is 0.115. The summed E-state index contributed by atoms with van der Waals surface area (Å²) in [6.45, 7) is 2.71. The van der Waals surface area contributed by atoms with Gasteiger partial charge in [0.05, 0.1) is 7.11 Å². The van der Waals surface area contributed by atoms with Crippen molar-refractivity contribution in [2.45, 2.75) is 25.9 Å². The van der Waals surface area contributed by atoms with Gasteiger partial charge in [-0.3, -0.25) is 0 Å². The van der Waals surface area contributed by atoms with Gasteiger partial charge in [-0.1, -0.05) is 48.5 Å². The van der Waals surface area contributed by atoms with Crippen molar-refractivity contribution in [1.29, 1.82) is 0 Å². The maximum absolute atomic E-state index is 9.84. The molecule has 0 fully saturated rings. The summed E-state index contributed by atoms with van der Waals surface area (Å²) in [5, 5.41) is 24.0. The molecule has 1 atom stereocenters. The molecule has 0 saturated carbocycles. The van der Waals surface area contributed by atoms with E-state index in [1.807, 2.05) is 48.5 Å². The molecule has 5 rings (SSSR count). The van der Waals surface area contributed by atoms with Gasteiger partial charge in [-0.25, -0.2) is 4.98 Å². The molecule has 33 heavy (non-hydrogen) atoms. The molecule has 0 bridgehead atoms. The highest BCUT2D eigenvalue weighted by Gasteiger charge is 2.33. The third kappa shape index (κ3) is 3.88. The van der Waals surface area contributed by atoms with E-state index in [2.05, 4.69) is 29.3 Å². The number of nitrogens with one attached hydrogen (secondary N) is 1. The summed E-state index contributed by atoms with van der Waals surface area (Å²) in [6, 6.07) is 21.6. The second kappa shape index (κ2) is 8.73. The van der Waals surface area contributed by atoms with E-state index in [-0.39, 0.29) is 6.04 Å². The molecule has 7 nitrogen and oxygen atoms in total. The number of hydrogen-bond acceptors (Lipinski definition) is 7. The van der Waals surface area contributed by atoms with Crippen LogP contribution in [0.1, 0.15) is 18.1 Å². The Morgan fingerprint density at radius 2 is 1.82 bits per heavy atom. The number of rotatable bonds is 6. The zero-order chi connectivity index (χ0) is 22.9. The second-order valence-electron chi connectivity index (χ2n) is 8.21. The van der Waals surface area contributed by atoms with E-state index in [1.54, 1.807) is 13.2 Å². The van der Waals surface area contributed by atoms with Crippen molar-refractivity contribution in [3.8, 4) is 5.75 Å². The van der Waals surface area contributed by atoms with Gasteiger partial charge >= 0.3 is 7.12 Å². The zero-order valence-electron chi connectivity index (χ0n) is 18.6. The van der Waals surface area contributed by atoms with Crippen molar-refractivity contribution in [2.24, 2.45) is 0 Å². The van der Waals surface area contributed by atoms with Gasteiger partial charge in [-0.05, 0) is 48.1 Å². The predicted octanol–water partition coefficient (Wildman–Crippen LogP) is 3.01. The van der Waals surface area contributed by atoms with Gasteiger partial charge in [-0.15, -0.1) is 0 Å². The van der Waals surface area contributed by atoms with Gasteiger partial charge in [0.2, 0.25) is 5.95 Å². The summed E-state index contributed by atoms with van der Waals surface area (Å²) in [5.41, 5.74) is 4.18. The number of benzene rings is 3. The highest BCUT2D eigenvalue weighted by Crippen LogP contribution is 2.38. The molecule has 1 aliphatic heterocycles. The Morgan fingerprint density at radius 1 is 1.03 bits per heavy atom. The average Bonchev–Trinajstić information content (AvgIpc) is 3.18. The number of anilines is 3. The van der Waals surface area contributed by atoms with Crippen LogP contribution >= 0.6 is 0 Å². The molecule has 0 spiro atoms. The Balaban J connectivity index is 1.63. The van der Waals surface area contributed by atoms with Crippen molar-refractivity contribution >= 4 is 40.9 Å². The first-order valence-electron chi connectivity index (χ1n) is 11.0. The van der Waals surface area contributed by atoms with Gasteiger partial charge < -0.3 is 25.0 Å². The van der Waals surface area contributed by atoms with Gasteiger partial charge in [0.25, 0.3) is 0 Å². The highest BCUT2D eigenvalue weighted by molar-refractivity contribution is 6.59. The predicted molar refractivity (Wildman–Crippen MR) is 131 cm³/mol. The summed E-state index contributed by atoms with van der Waals surface area (Å²) in [6.07, 6.45) is 0.670. The standard InChI is InChI=1S/C25H25BN4O3/c1-16-14-19-20(26(31)32)11-7-12-21(19)30(16)25-28-23-18(10-6-13-22(23)33-2)24(29-25)27-15-17-8-4-3-5-9-17/h3-13,16,31-32H,14-15H2,1-2H3,(H,27,28,29). The lowest BCUT2D eigenvalue weighted by Gasteiger charge is -2.24. The third-order valence-corrected chi connectivity index (χ3v) is 6.08. The molecular formula is C25H25BN4O3. The fourth-order valence-electron chi connectivity index (χ4n) is 4.51. The molecule has 0 saturated heterocycles. The molecule has 1 aliphatic rings. The first-order valence-corrected chi connectivity index (χ1v) is 11.0. The van der Waals surface area contributed by atoms with Crippen LogP contribution in [0.4, 0.5) is 17.5 Å². The minimum atomic E-state index is -1.52. The minimum Gasteiger partial charge on any atom is -0.494 e. The molecular weight excluding hydrogens is 415 g/mol. The van der Waals surface area contributed by atoms with Crippen LogP contribution in [0, 0.1) is 0 Å².